The van der Waals surface area contributed by atoms with Crippen LogP contribution in [0.5, 0.6) is 0 Å². The van der Waals surface area contributed by atoms with E-state index in [1.54, 1.807) is 11.3 Å². The van der Waals surface area contributed by atoms with Crippen LogP contribution in [0.15, 0.2) is 22.0 Å². The summed E-state index contributed by atoms with van der Waals surface area (Å²) in [5.74, 6) is 0. The van der Waals surface area contributed by atoms with Crippen molar-refractivity contribution in [3.8, 4) is 6.07 Å². The Morgan fingerprint density at radius 1 is 1.50 bits per heavy atom. The molecule has 0 unspecified atom stereocenters. The van der Waals surface area contributed by atoms with Crippen molar-refractivity contribution in [3.63, 3.8) is 0 Å². The van der Waals surface area contributed by atoms with Crippen LogP contribution in [0.4, 0.5) is 0 Å². The lowest BCUT2D eigenvalue weighted by Gasteiger charge is -1.94. The van der Waals surface area contributed by atoms with Gasteiger partial charge in [0.2, 0.25) is 0 Å². The molecule has 0 amide bonds. The molecule has 2 aromatic rings. The summed E-state index contributed by atoms with van der Waals surface area (Å²) in [6.07, 6.45) is 1.02. The molecule has 0 fully saturated rings. The number of rotatable bonds is 1. The van der Waals surface area contributed by atoms with E-state index in [2.05, 4.69) is 28.9 Å². The molecule has 14 heavy (non-hydrogen) atoms. The second kappa shape index (κ2) is 3.72. The Morgan fingerprint density at radius 2 is 2.29 bits per heavy atom. The number of thiophene rings is 1. The third kappa shape index (κ3) is 1.45. The third-order valence-electron chi connectivity index (χ3n) is 2.23. The second-order valence-corrected chi connectivity index (χ2v) is 5.40. The minimum Gasteiger partial charge on any atom is -0.192 e. The highest BCUT2D eigenvalue weighted by Gasteiger charge is 2.08. The third-order valence-corrected chi connectivity index (χ3v) is 4.17. The summed E-state index contributed by atoms with van der Waals surface area (Å²) < 4.78 is 2.37. The quantitative estimate of drug-likeness (QED) is 0.762. The molecule has 1 heterocycles. The minimum atomic E-state index is 0.730. The van der Waals surface area contributed by atoms with E-state index in [1.165, 1.54) is 19.4 Å². The first kappa shape index (κ1) is 9.70. The summed E-state index contributed by atoms with van der Waals surface area (Å²) in [5, 5.41) is 10.0. The van der Waals surface area contributed by atoms with Gasteiger partial charge in [-0.3, -0.25) is 0 Å². The number of benzene rings is 1. The van der Waals surface area contributed by atoms with Crippen LogP contribution in [0.2, 0.25) is 0 Å². The zero-order valence-corrected chi connectivity index (χ0v) is 10.1. The molecule has 1 aromatic carbocycles. The van der Waals surface area contributed by atoms with Crippen molar-refractivity contribution in [2.24, 2.45) is 0 Å². The molecular formula is C11H8BrNS. The number of aryl methyl sites for hydroxylation is 1. The molecule has 0 radical (unpaired) electrons. The SMILES string of the molecule is CCc1c(Br)sc2cc(C#N)ccc12. The molecule has 0 saturated heterocycles. The Morgan fingerprint density at radius 3 is 2.93 bits per heavy atom. The predicted molar refractivity (Wildman–Crippen MR) is 63.6 cm³/mol. The average molecular weight is 266 g/mol. The summed E-state index contributed by atoms with van der Waals surface area (Å²) in [7, 11) is 0. The van der Waals surface area contributed by atoms with E-state index >= 15 is 0 Å². The van der Waals surface area contributed by atoms with E-state index in [4.69, 9.17) is 5.26 Å². The van der Waals surface area contributed by atoms with Gasteiger partial charge < -0.3 is 0 Å². The van der Waals surface area contributed by atoms with Crippen LogP contribution in [-0.2, 0) is 6.42 Å². The summed E-state index contributed by atoms with van der Waals surface area (Å²) in [6, 6.07) is 8.02. The van der Waals surface area contributed by atoms with Crippen LogP contribution in [0, 0.1) is 11.3 Å². The fourth-order valence-electron chi connectivity index (χ4n) is 1.52. The van der Waals surface area contributed by atoms with Crippen molar-refractivity contribution in [1.82, 2.24) is 0 Å². The van der Waals surface area contributed by atoms with Gasteiger partial charge in [-0.15, -0.1) is 11.3 Å². The van der Waals surface area contributed by atoms with E-state index < -0.39 is 0 Å². The van der Waals surface area contributed by atoms with Crippen LogP contribution in [0.3, 0.4) is 0 Å². The highest BCUT2D eigenvalue weighted by molar-refractivity contribution is 9.11. The van der Waals surface area contributed by atoms with E-state index in [0.29, 0.717) is 0 Å². The van der Waals surface area contributed by atoms with Gasteiger partial charge in [-0.05, 0) is 45.4 Å². The number of nitrogens with zero attached hydrogens (tertiary/aromatic N) is 1. The normalized spacial score (nSPS) is 10.4. The highest BCUT2D eigenvalue weighted by Crippen LogP contribution is 2.36. The molecule has 1 nitrogen and oxygen atoms in total. The summed E-state index contributed by atoms with van der Waals surface area (Å²) in [5.41, 5.74) is 2.07. The van der Waals surface area contributed by atoms with Crippen LogP contribution < -0.4 is 0 Å². The van der Waals surface area contributed by atoms with Crippen LogP contribution in [-0.4, -0.2) is 0 Å². The van der Waals surface area contributed by atoms with Gasteiger partial charge in [0.25, 0.3) is 0 Å². The Hall–Kier alpha value is -0.850. The first-order valence-corrected chi connectivity index (χ1v) is 5.98. The molecule has 0 saturated carbocycles. The molecule has 0 N–H and O–H groups in total. The Labute approximate surface area is 95.1 Å². The molecule has 1 aromatic heterocycles. The van der Waals surface area contributed by atoms with E-state index in [1.807, 2.05) is 18.2 Å². The Kier molecular flexibility index (Phi) is 2.58. The van der Waals surface area contributed by atoms with Crippen molar-refractivity contribution < 1.29 is 0 Å². The molecule has 3 heteroatoms. The first-order chi connectivity index (χ1) is 6.76. The van der Waals surface area contributed by atoms with Gasteiger partial charge in [-0.1, -0.05) is 13.0 Å². The number of hydrogen-bond acceptors (Lipinski definition) is 2. The summed E-state index contributed by atoms with van der Waals surface area (Å²) in [6.45, 7) is 2.14. The monoisotopic (exact) mass is 265 g/mol. The van der Waals surface area contributed by atoms with E-state index in [-0.39, 0.29) is 0 Å². The molecular weight excluding hydrogens is 258 g/mol. The topological polar surface area (TPSA) is 23.8 Å². The van der Waals surface area contributed by atoms with E-state index in [9.17, 15) is 0 Å². The first-order valence-electron chi connectivity index (χ1n) is 4.37. The fraction of sp³-hybridized carbons (Fsp3) is 0.182. The van der Waals surface area contributed by atoms with Gasteiger partial charge in [0.05, 0.1) is 15.4 Å². The lowest BCUT2D eigenvalue weighted by atomic mass is 10.1. The summed E-state index contributed by atoms with van der Waals surface area (Å²) >= 11 is 5.25. The molecule has 0 spiro atoms. The second-order valence-electron chi connectivity index (χ2n) is 3.03. The summed E-state index contributed by atoms with van der Waals surface area (Å²) in [4.78, 5) is 0. The Bertz CT molecular complexity index is 522. The van der Waals surface area contributed by atoms with Gasteiger partial charge in [-0.25, -0.2) is 0 Å². The average Bonchev–Trinajstić information content (AvgIpc) is 2.51. The molecule has 0 aliphatic heterocycles. The largest absolute Gasteiger partial charge is 0.192 e. The molecule has 2 rings (SSSR count). The maximum absolute atomic E-state index is 8.77. The van der Waals surface area contributed by atoms with Crippen LogP contribution in [0.1, 0.15) is 18.1 Å². The number of fused-ring (bicyclic) bond motifs is 1. The number of nitriles is 1. The van der Waals surface area contributed by atoms with Gasteiger partial charge in [-0.2, -0.15) is 5.26 Å². The van der Waals surface area contributed by atoms with E-state index in [0.717, 1.165) is 12.0 Å². The smallest absolute Gasteiger partial charge is 0.0992 e. The van der Waals surface area contributed by atoms with Crippen molar-refractivity contribution in [3.05, 3.63) is 33.1 Å². The number of hydrogen-bond donors (Lipinski definition) is 0. The maximum atomic E-state index is 8.77. The standard InChI is InChI=1S/C11H8BrNS/c1-2-8-9-4-3-7(6-13)5-10(9)14-11(8)12/h3-5H,2H2,1H3. The fourth-order valence-corrected chi connectivity index (χ4v) is 3.59. The van der Waals surface area contributed by atoms with Crippen molar-refractivity contribution in [1.29, 1.82) is 5.26 Å². The maximum Gasteiger partial charge on any atom is 0.0992 e. The number of halogens is 1. The molecule has 0 aliphatic rings. The lowest BCUT2D eigenvalue weighted by molar-refractivity contribution is 1.16. The lowest BCUT2D eigenvalue weighted by Crippen LogP contribution is -1.77. The minimum absolute atomic E-state index is 0.730. The van der Waals surface area contributed by atoms with Crippen molar-refractivity contribution >= 4 is 37.4 Å². The van der Waals surface area contributed by atoms with Crippen LogP contribution in [0.25, 0.3) is 10.1 Å². The predicted octanol–water partition coefficient (Wildman–Crippen LogP) is 4.10. The van der Waals surface area contributed by atoms with Crippen molar-refractivity contribution in [2.45, 2.75) is 13.3 Å². The molecule has 0 aliphatic carbocycles. The van der Waals surface area contributed by atoms with Gasteiger partial charge >= 0.3 is 0 Å². The van der Waals surface area contributed by atoms with Crippen molar-refractivity contribution in [2.75, 3.05) is 0 Å². The molecule has 0 bridgehead atoms. The molecule has 0 atom stereocenters. The molecule has 70 valence electrons. The van der Waals surface area contributed by atoms with Gasteiger partial charge in [0.1, 0.15) is 0 Å². The zero-order chi connectivity index (χ0) is 10.1. The zero-order valence-electron chi connectivity index (χ0n) is 7.67. The highest BCUT2D eigenvalue weighted by atomic mass is 79.9. The van der Waals surface area contributed by atoms with Gasteiger partial charge in [0, 0.05) is 4.70 Å². The van der Waals surface area contributed by atoms with Gasteiger partial charge in [0.15, 0.2) is 0 Å². The Balaban J connectivity index is 2.76. The van der Waals surface area contributed by atoms with Crippen LogP contribution >= 0.6 is 27.3 Å².